The summed E-state index contributed by atoms with van der Waals surface area (Å²) in [7, 11) is 0. The number of phenols is 3. The molecule has 4 aromatic rings. The SMILES string of the molecule is CC(=O)[C@]1(O)Cc2c(O)c3c(c(O)c2[C@@H](O[C@H]2C[C@H](NC(=O)Cn4cc(C[C@@]5(O)C(=O)O[C@H]6[C@@H](O)CO[C@@]65O)c5ccccc54)[C@H](O)[C@H](C)O2)C1)C(=O)c1c(O)cccc1C3=O. The lowest BCUT2D eigenvalue weighted by atomic mass is 9.72. The zero-order chi connectivity index (χ0) is 44.4. The molecular formula is C43H42N2O17. The Morgan fingerprint density at radius 1 is 0.952 bits per heavy atom. The molecule has 1 amide bonds. The third-order valence-electron chi connectivity index (χ3n) is 12.9. The van der Waals surface area contributed by atoms with Crippen LogP contribution in [0.1, 0.15) is 81.3 Å². The van der Waals surface area contributed by atoms with E-state index < -0.39 is 137 Å². The molecule has 62 heavy (non-hydrogen) atoms. The quantitative estimate of drug-likeness (QED) is 0.0722. The van der Waals surface area contributed by atoms with Crippen LogP contribution in [0.4, 0.5) is 0 Å². The Hall–Kier alpha value is -5.77. The van der Waals surface area contributed by atoms with E-state index in [0.717, 1.165) is 6.92 Å². The minimum absolute atomic E-state index is 0.209. The van der Waals surface area contributed by atoms with Gasteiger partial charge in [-0.25, -0.2) is 4.79 Å². The number of aliphatic hydroxyl groups excluding tert-OH is 2. The van der Waals surface area contributed by atoms with Gasteiger partial charge in [-0.05, 0) is 31.5 Å². The van der Waals surface area contributed by atoms with Crippen molar-refractivity contribution in [2.24, 2.45) is 0 Å². The van der Waals surface area contributed by atoms with E-state index in [-0.39, 0.29) is 41.8 Å². The van der Waals surface area contributed by atoms with Crippen molar-refractivity contribution in [1.29, 1.82) is 0 Å². The number of rotatable bonds is 8. The average molecular weight is 859 g/mol. The van der Waals surface area contributed by atoms with Gasteiger partial charge in [-0.3, -0.25) is 19.2 Å². The summed E-state index contributed by atoms with van der Waals surface area (Å²) in [5, 5.41) is 92.8. The largest absolute Gasteiger partial charge is 0.507 e. The van der Waals surface area contributed by atoms with Crippen LogP contribution in [0.15, 0.2) is 48.7 Å². The zero-order valence-corrected chi connectivity index (χ0v) is 33.1. The van der Waals surface area contributed by atoms with Crippen molar-refractivity contribution in [2.45, 2.75) is 106 Å². The Morgan fingerprint density at radius 2 is 1.68 bits per heavy atom. The van der Waals surface area contributed by atoms with E-state index in [4.69, 9.17) is 18.9 Å². The maximum absolute atomic E-state index is 13.8. The second-order valence-corrected chi connectivity index (χ2v) is 16.7. The molecule has 5 aliphatic rings. The first kappa shape index (κ1) is 41.6. The Labute approximate surface area is 350 Å². The van der Waals surface area contributed by atoms with Crippen molar-refractivity contribution in [1.82, 2.24) is 9.88 Å². The van der Waals surface area contributed by atoms with E-state index >= 15 is 0 Å². The van der Waals surface area contributed by atoms with Gasteiger partial charge in [0.15, 0.2) is 24.0 Å². The molecule has 0 unspecified atom stereocenters. The number of aliphatic hydroxyl groups is 5. The van der Waals surface area contributed by atoms with Crippen molar-refractivity contribution >= 4 is 40.1 Å². The molecule has 9 N–H and O–H groups in total. The molecule has 9 rings (SSSR count). The van der Waals surface area contributed by atoms with Crippen LogP contribution >= 0.6 is 0 Å². The Bertz CT molecular complexity index is 2620. The maximum Gasteiger partial charge on any atom is 0.344 e. The number of ether oxygens (including phenoxy) is 4. The van der Waals surface area contributed by atoms with Crippen molar-refractivity contribution in [3.8, 4) is 17.2 Å². The Kier molecular flexibility index (Phi) is 9.65. The van der Waals surface area contributed by atoms with E-state index in [0.29, 0.717) is 16.5 Å². The van der Waals surface area contributed by atoms with Gasteiger partial charge in [0.1, 0.15) is 41.6 Å². The minimum Gasteiger partial charge on any atom is -0.507 e. The van der Waals surface area contributed by atoms with Gasteiger partial charge in [-0.15, -0.1) is 0 Å². The Morgan fingerprint density at radius 3 is 2.42 bits per heavy atom. The summed E-state index contributed by atoms with van der Waals surface area (Å²) < 4.78 is 24.2. The molecule has 0 saturated carbocycles. The monoisotopic (exact) mass is 858 g/mol. The first-order valence-electron chi connectivity index (χ1n) is 19.9. The molecule has 1 aromatic heterocycles. The van der Waals surface area contributed by atoms with Crippen molar-refractivity contribution in [2.75, 3.05) is 6.61 Å². The number of carbonyl (C=O) groups excluding carboxylic acids is 5. The van der Waals surface area contributed by atoms with Crippen LogP contribution < -0.4 is 5.32 Å². The minimum atomic E-state index is -2.60. The van der Waals surface area contributed by atoms with Crippen molar-refractivity contribution < 1.29 is 83.8 Å². The summed E-state index contributed by atoms with van der Waals surface area (Å²) in [4.78, 5) is 67.0. The molecule has 10 atom stereocenters. The molecule has 19 heteroatoms. The lowest BCUT2D eigenvalue weighted by Gasteiger charge is -2.42. The first-order chi connectivity index (χ1) is 29.3. The molecule has 3 aliphatic heterocycles. The highest BCUT2D eigenvalue weighted by Gasteiger charge is 2.73. The van der Waals surface area contributed by atoms with E-state index in [2.05, 4.69) is 5.32 Å². The number of Topliss-reactive ketones (excluding diaryl/α,β-unsaturated/α-hetero) is 1. The topological polar surface area (TPSA) is 301 Å². The van der Waals surface area contributed by atoms with Gasteiger partial charge in [0.2, 0.25) is 23.1 Å². The number of benzene rings is 3. The second kappa shape index (κ2) is 14.4. The molecule has 4 heterocycles. The zero-order valence-electron chi connectivity index (χ0n) is 33.1. The number of esters is 1. The first-order valence-corrected chi connectivity index (χ1v) is 19.9. The fraction of sp³-hybridized carbons (Fsp3) is 0.419. The number of amides is 1. The van der Waals surface area contributed by atoms with Gasteiger partial charge in [-0.1, -0.05) is 30.3 Å². The Balaban J connectivity index is 0.977. The van der Waals surface area contributed by atoms with Gasteiger partial charge in [0.25, 0.3) is 0 Å². The molecular weight excluding hydrogens is 816 g/mol. The summed E-state index contributed by atoms with van der Waals surface area (Å²) in [6.07, 6.45) is -8.22. The van der Waals surface area contributed by atoms with E-state index in [1.807, 2.05) is 0 Å². The molecule has 3 aromatic carbocycles. The fourth-order valence-electron chi connectivity index (χ4n) is 9.60. The number of para-hydroxylation sites is 1. The number of carbonyl (C=O) groups is 5. The smallest absolute Gasteiger partial charge is 0.344 e. The van der Waals surface area contributed by atoms with Crippen LogP contribution in [-0.4, -0.2) is 135 Å². The van der Waals surface area contributed by atoms with Crippen LogP contribution in [0, 0.1) is 0 Å². The van der Waals surface area contributed by atoms with Gasteiger partial charge in [0, 0.05) is 59.5 Å². The number of nitrogens with one attached hydrogen (secondary N) is 1. The fourth-order valence-corrected chi connectivity index (χ4v) is 9.60. The molecule has 0 bridgehead atoms. The second-order valence-electron chi connectivity index (χ2n) is 16.7. The third-order valence-corrected chi connectivity index (χ3v) is 12.9. The highest BCUT2D eigenvalue weighted by atomic mass is 16.7. The normalized spacial score (nSPS) is 32.5. The standard InChI is InChI=1S/C43H42N2O17/c1-17-34(50)23(44-28(49)15-45-14-19(20-6-3-4-8-24(20)45)11-42(57)40(55)62-39-26(48)16-59-43(39,42)58)10-29(60-17)61-27-13-41(56,18(2)46)12-22-31(27)38(54)33-32(36(22)52)35(51)21-7-5-9-25(47)30(21)37(33)53/h3-9,14,17,23,26-27,29,34,39,47-48,50,52,54,56-58H,10-13,15-16H2,1-2H3,(H,44,49)/t17-,23-,26-,27-,29-,34+,39-,41-,42+,43-/m0/s1. The number of hydrogen-bond donors (Lipinski definition) is 9. The predicted molar refractivity (Wildman–Crippen MR) is 207 cm³/mol. The number of ketones is 3. The summed E-state index contributed by atoms with van der Waals surface area (Å²) in [6.45, 7) is 1.89. The average Bonchev–Trinajstić information content (AvgIpc) is 3.78. The predicted octanol–water partition coefficient (Wildman–Crippen LogP) is -0.183. The van der Waals surface area contributed by atoms with Gasteiger partial charge in [-0.2, -0.15) is 0 Å². The molecule has 2 aliphatic carbocycles. The van der Waals surface area contributed by atoms with Crippen LogP contribution in [0.2, 0.25) is 0 Å². The molecule has 326 valence electrons. The van der Waals surface area contributed by atoms with Crippen molar-refractivity contribution in [3.63, 3.8) is 0 Å². The highest BCUT2D eigenvalue weighted by Crippen LogP contribution is 2.53. The van der Waals surface area contributed by atoms with E-state index in [9.17, 15) is 64.8 Å². The number of phenolic OH excluding ortho intramolecular Hbond substituents is 3. The maximum atomic E-state index is 13.8. The van der Waals surface area contributed by atoms with E-state index in [1.54, 1.807) is 24.3 Å². The number of aromatic nitrogens is 1. The number of hydrogen-bond acceptors (Lipinski definition) is 17. The van der Waals surface area contributed by atoms with E-state index in [1.165, 1.54) is 35.9 Å². The summed E-state index contributed by atoms with van der Waals surface area (Å²) in [6, 6.07) is 9.51. The van der Waals surface area contributed by atoms with Crippen LogP contribution in [0.3, 0.4) is 0 Å². The van der Waals surface area contributed by atoms with Gasteiger partial charge < -0.3 is 69.7 Å². The third kappa shape index (κ3) is 6.06. The molecule has 0 radical (unpaired) electrons. The number of fused-ring (bicyclic) bond motifs is 5. The lowest BCUT2D eigenvalue weighted by Crippen LogP contribution is -2.59. The number of aromatic hydroxyl groups is 3. The summed E-state index contributed by atoms with van der Waals surface area (Å²) in [5.41, 5.74) is -6.17. The van der Waals surface area contributed by atoms with Gasteiger partial charge in [0.05, 0.1) is 41.5 Å². The van der Waals surface area contributed by atoms with Crippen molar-refractivity contribution in [3.05, 3.63) is 87.6 Å². The molecule has 19 nitrogen and oxygen atoms in total. The summed E-state index contributed by atoms with van der Waals surface area (Å²) in [5.74, 6) is -8.99. The van der Waals surface area contributed by atoms with Crippen LogP contribution in [-0.2, 0) is 52.7 Å². The van der Waals surface area contributed by atoms with Gasteiger partial charge >= 0.3 is 5.97 Å². The highest BCUT2D eigenvalue weighted by molar-refractivity contribution is 6.31. The van der Waals surface area contributed by atoms with Crippen LogP contribution in [0.5, 0.6) is 17.2 Å². The number of nitrogens with zero attached hydrogens (tertiary/aromatic N) is 1. The molecule has 3 fully saturated rings. The lowest BCUT2D eigenvalue weighted by molar-refractivity contribution is -0.262. The summed E-state index contributed by atoms with van der Waals surface area (Å²) >= 11 is 0. The molecule has 0 spiro atoms. The molecule has 3 saturated heterocycles. The van der Waals surface area contributed by atoms with Crippen LogP contribution in [0.25, 0.3) is 10.9 Å².